The summed E-state index contributed by atoms with van der Waals surface area (Å²) in [5.74, 6) is -0.0275. The maximum atomic E-state index is 12.2. The van der Waals surface area contributed by atoms with Gasteiger partial charge < -0.3 is 5.32 Å². The molecule has 1 aliphatic rings. The van der Waals surface area contributed by atoms with Gasteiger partial charge in [0.1, 0.15) is 0 Å². The number of nitriles is 1. The average molecular weight is 328 g/mol. The molecule has 0 aliphatic carbocycles. The van der Waals surface area contributed by atoms with Gasteiger partial charge in [0.25, 0.3) is 5.91 Å². The number of hydrogen-bond donors (Lipinski definition) is 1. The van der Waals surface area contributed by atoms with Gasteiger partial charge in [0, 0.05) is 4.47 Å². The molecule has 0 radical (unpaired) electrons. The van der Waals surface area contributed by atoms with E-state index >= 15 is 0 Å². The standard InChI is InChI=1S/C15H10BrN3O/c16-11-2-1-3-12(7-11)19-14-5-4-10(8-17)6-13(14)18-9-15(19)20/h1-7,18H,9H2. The first-order valence-corrected chi connectivity index (χ1v) is 6.85. The molecule has 0 atom stereocenters. The Labute approximate surface area is 124 Å². The molecule has 0 saturated heterocycles. The van der Waals surface area contributed by atoms with E-state index < -0.39 is 0 Å². The summed E-state index contributed by atoms with van der Waals surface area (Å²) >= 11 is 3.41. The van der Waals surface area contributed by atoms with Gasteiger partial charge >= 0.3 is 0 Å². The third-order valence-corrected chi connectivity index (χ3v) is 3.61. The number of nitrogens with one attached hydrogen (secondary N) is 1. The first kappa shape index (κ1) is 12.7. The minimum absolute atomic E-state index is 0.0275. The molecular formula is C15H10BrN3O. The maximum absolute atomic E-state index is 12.2. The minimum Gasteiger partial charge on any atom is -0.374 e. The number of halogens is 1. The summed E-state index contributed by atoms with van der Waals surface area (Å²) < 4.78 is 0.913. The number of fused-ring (bicyclic) bond motifs is 1. The van der Waals surface area contributed by atoms with Crippen LogP contribution in [0.2, 0.25) is 0 Å². The Morgan fingerprint density at radius 3 is 2.85 bits per heavy atom. The zero-order chi connectivity index (χ0) is 14.1. The largest absolute Gasteiger partial charge is 0.374 e. The molecule has 5 heteroatoms. The Bertz CT molecular complexity index is 736. The van der Waals surface area contributed by atoms with Crippen molar-refractivity contribution in [3.8, 4) is 6.07 Å². The zero-order valence-corrected chi connectivity index (χ0v) is 12.0. The van der Waals surface area contributed by atoms with Gasteiger partial charge in [-0.3, -0.25) is 9.69 Å². The van der Waals surface area contributed by atoms with E-state index in [1.54, 1.807) is 23.1 Å². The summed E-state index contributed by atoms with van der Waals surface area (Å²) in [6, 6.07) is 14.9. The van der Waals surface area contributed by atoms with Crippen LogP contribution in [0, 0.1) is 11.3 Å². The third kappa shape index (κ3) is 2.15. The smallest absolute Gasteiger partial charge is 0.250 e. The van der Waals surface area contributed by atoms with Gasteiger partial charge in [-0.1, -0.05) is 22.0 Å². The Balaban J connectivity index is 2.13. The van der Waals surface area contributed by atoms with Crippen molar-refractivity contribution in [2.75, 3.05) is 16.8 Å². The Morgan fingerprint density at radius 1 is 1.25 bits per heavy atom. The molecule has 1 aliphatic heterocycles. The Morgan fingerprint density at radius 2 is 2.10 bits per heavy atom. The maximum Gasteiger partial charge on any atom is 0.250 e. The molecular weight excluding hydrogens is 318 g/mol. The molecule has 3 rings (SSSR count). The normalized spacial score (nSPS) is 13.4. The van der Waals surface area contributed by atoms with Crippen molar-refractivity contribution >= 4 is 38.9 Å². The SMILES string of the molecule is N#Cc1ccc2c(c1)NCC(=O)N2c1cccc(Br)c1. The zero-order valence-electron chi connectivity index (χ0n) is 10.4. The lowest BCUT2D eigenvalue weighted by atomic mass is 10.1. The number of rotatable bonds is 1. The second kappa shape index (κ2) is 4.99. The molecule has 2 aromatic carbocycles. The predicted octanol–water partition coefficient (Wildman–Crippen LogP) is 3.41. The van der Waals surface area contributed by atoms with Gasteiger partial charge in [0.05, 0.1) is 35.2 Å². The number of carbonyl (C=O) groups is 1. The van der Waals surface area contributed by atoms with Crippen molar-refractivity contribution in [1.29, 1.82) is 5.26 Å². The van der Waals surface area contributed by atoms with E-state index in [1.807, 2.05) is 24.3 Å². The van der Waals surface area contributed by atoms with Gasteiger partial charge in [0.15, 0.2) is 0 Å². The molecule has 4 nitrogen and oxygen atoms in total. The third-order valence-electron chi connectivity index (χ3n) is 3.11. The highest BCUT2D eigenvalue weighted by Crippen LogP contribution is 2.36. The molecule has 20 heavy (non-hydrogen) atoms. The minimum atomic E-state index is -0.0275. The fourth-order valence-electron chi connectivity index (χ4n) is 2.22. The van der Waals surface area contributed by atoms with E-state index in [0.29, 0.717) is 5.56 Å². The molecule has 1 N–H and O–H groups in total. The first-order valence-electron chi connectivity index (χ1n) is 6.05. The summed E-state index contributed by atoms with van der Waals surface area (Å²) in [4.78, 5) is 13.9. The monoisotopic (exact) mass is 327 g/mol. The van der Waals surface area contributed by atoms with Crippen molar-refractivity contribution in [2.45, 2.75) is 0 Å². The fourth-order valence-corrected chi connectivity index (χ4v) is 2.61. The summed E-state index contributed by atoms with van der Waals surface area (Å²) in [5, 5.41) is 12.0. The van der Waals surface area contributed by atoms with Gasteiger partial charge in [-0.2, -0.15) is 5.26 Å². The molecule has 0 unspecified atom stereocenters. The molecule has 0 bridgehead atoms. The number of benzene rings is 2. The summed E-state index contributed by atoms with van der Waals surface area (Å²) in [7, 11) is 0. The lowest BCUT2D eigenvalue weighted by molar-refractivity contribution is -0.116. The summed E-state index contributed by atoms with van der Waals surface area (Å²) in [5.41, 5.74) is 2.93. The van der Waals surface area contributed by atoms with Gasteiger partial charge in [-0.15, -0.1) is 0 Å². The van der Waals surface area contributed by atoms with Crippen LogP contribution in [0.15, 0.2) is 46.9 Å². The number of anilines is 3. The molecule has 0 saturated carbocycles. The van der Waals surface area contributed by atoms with Crippen LogP contribution < -0.4 is 10.2 Å². The number of nitrogens with zero attached hydrogens (tertiary/aromatic N) is 2. The van der Waals surface area contributed by atoms with Crippen LogP contribution in [0.1, 0.15) is 5.56 Å². The highest BCUT2D eigenvalue weighted by molar-refractivity contribution is 9.10. The second-order valence-corrected chi connectivity index (χ2v) is 5.32. The van der Waals surface area contributed by atoms with Crippen molar-refractivity contribution in [2.24, 2.45) is 0 Å². The van der Waals surface area contributed by atoms with Crippen molar-refractivity contribution in [1.82, 2.24) is 0 Å². The lowest BCUT2D eigenvalue weighted by Gasteiger charge is -2.30. The molecule has 1 heterocycles. The molecule has 2 aromatic rings. The number of hydrogen-bond acceptors (Lipinski definition) is 3. The van der Waals surface area contributed by atoms with Crippen LogP contribution in [-0.2, 0) is 4.79 Å². The van der Waals surface area contributed by atoms with Gasteiger partial charge in [-0.25, -0.2) is 0 Å². The van der Waals surface area contributed by atoms with E-state index in [1.165, 1.54) is 0 Å². The van der Waals surface area contributed by atoms with Gasteiger partial charge in [0.2, 0.25) is 0 Å². The van der Waals surface area contributed by atoms with Crippen LogP contribution >= 0.6 is 15.9 Å². The van der Waals surface area contributed by atoms with Crippen LogP contribution in [0.5, 0.6) is 0 Å². The van der Waals surface area contributed by atoms with Gasteiger partial charge in [-0.05, 0) is 36.4 Å². The van der Waals surface area contributed by atoms with E-state index in [-0.39, 0.29) is 12.5 Å². The van der Waals surface area contributed by atoms with Crippen LogP contribution in [-0.4, -0.2) is 12.5 Å². The molecule has 98 valence electrons. The Hall–Kier alpha value is -2.32. The molecule has 0 aromatic heterocycles. The Kier molecular flexibility index (Phi) is 3.17. The van der Waals surface area contributed by atoms with Crippen LogP contribution in [0.25, 0.3) is 0 Å². The van der Waals surface area contributed by atoms with Crippen LogP contribution in [0.3, 0.4) is 0 Å². The molecule has 1 amide bonds. The lowest BCUT2D eigenvalue weighted by Crippen LogP contribution is -2.36. The van der Waals surface area contributed by atoms with E-state index in [9.17, 15) is 4.79 Å². The first-order chi connectivity index (χ1) is 9.69. The number of carbonyl (C=O) groups excluding carboxylic acids is 1. The van der Waals surface area contributed by atoms with E-state index in [4.69, 9.17) is 5.26 Å². The predicted molar refractivity (Wildman–Crippen MR) is 80.9 cm³/mol. The topological polar surface area (TPSA) is 56.1 Å². The molecule has 0 fully saturated rings. The van der Waals surface area contributed by atoms with Crippen molar-refractivity contribution < 1.29 is 4.79 Å². The van der Waals surface area contributed by atoms with Crippen LogP contribution in [0.4, 0.5) is 17.1 Å². The van der Waals surface area contributed by atoms with E-state index in [0.717, 1.165) is 21.5 Å². The van der Waals surface area contributed by atoms with Crippen molar-refractivity contribution in [3.63, 3.8) is 0 Å². The van der Waals surface area contributed by atoms with E-state index in [2.05, 4.69) is 27.3 Å². The summed E-state index contributed by atoms with van der Waals surface area (Å²) in [6.45, 7) is 0.217. The average Bonchev–Trinajstić information content (AvgIpc) is 2.46. The number of amides is 1. The fraction of sp³-hybridized carbons (Fsp3) is 0.0667. The summed E-state index contributed by atoms with van der Waals surface area (Å²) in [6.07, 6.45) is 0. The second-order valence-electron chi connectivity index (χ2n) is 4.41. The highest BCUT2D eigenvalue weighted by atomic mass is 79.9. The quantitative estimate of drug-likeness (QED) is 0.873. The van der Waals surface area contributed by atoms with Crippen molar-refractivity contribution in [3.05, 3.63) is 52.5 Å². The highest BCUT2D eigenvalue weighted by Gasteiger charge is 2.25. The molecule has 0 spiro atoms.